The summed E-state index contributed by atoms with van der Waals surface area (Å²) in [6.45, 7) is 10.9. The van der Waals surface area contributed by atoms with Crippen molar-refractivity contribution in [3.63, 3.8) is 0 Å². The van der Waals surface area contributed by atoms with Crippen molar-refractivity contribution in [2.24, 2.45) is 11.8 Å². The van der Waals surface area contributed by atoms with Gasteiger partial charge in [-0.2, -0.15) is 19.2 Å². The van der Waals surface area contributed by atoms with E-state index in [1.165, 1.54) is 31.5 Å². The lowest BCUT2D eigenvalue weighted by atomic mass is 9.96. The predicted octanol–water partition coefficient (Wildman–Crippen LogP) is 10.8. The number of benzene rings is 3. The van der Waals surface area contributed by atoms with Crippen molar-refractivity contribution in [3.8, 4) is 34.0 Å². The fraction of sp³-hybridized carbons (Fsp3) is 0.348. The minimum Gasteiger partial charge on any atom is -0.454 e. The number of likely N-dealkylation sites (tertiary alicyclic amines) is 2. The maximum Gasteiger partial charge on any atom is 0.231 e. The lowest BCUT2D eigenvalue weighted by Crippen LogP contribution is -2.35. The Hall–Kier alpha value is -4.44. The van der Waals surface area contributed by atoms with Crippen molar-refractivity contribution in [3.05, 3.63) is 116 Å². The van der Waals surface area contributed by atoms with Crippen LogP contribution >= 0.6 is 55.1 Å². The summed E-state index contributed by atoms with van der Waals surface area (Å²) >= 11 is 20.0. The van der Waals surface area contributed by atoms with Gasteiger partial charge in [0.05, 0.1) is 32.7 Å². The molecule has 3 aromatic carbocycles. The number of anilines is 2. The molecule has 0 aliphatic carbocycles. The van der Waals surface area contributed by atoms with E-state index in [0.717, 1.165) is 118 Å². The van der Waals surface area contributed by atoms with Crippen molar-refractivity contribution in [2.45, 2.75) is 39.2 Å². The molecule has 2 saturated heterocycles. The normalized spacial score (nSPS) is 16.1. The van der Waals surface area contributed by atoms with E-state index in [0.29, 0.717) is 28.7 Å². The Morgan fingerprint density at radius 2 is 1.18 bits per heavy atom. The number of piperidine rings is 2. The standard InChI is InChI=1S/C26H25BrClN5O2.C20H23BrClN5/c27-20-14-30-33-24(12-22(31-26(20)33)19-5-1-2-6-21(19)28)29-13-17-8-10-32(11-9-17)15-18-4-3-7-23-25(18)35-16-34-23;1-2-26-9-7-14(8-10-26)12-23-19-11-18(15-5-3-4-6-17(15)22)25-20-16(21)13-24-27(19)20/h1-7,12,14,17,29H,8-11,13,15-16H2;3-6,11,13-14,23H,2,7-10,12H2,1H3. The smallest absolute Gasteiger partial charge is 0.231 e. The Balaban J connectivity index is 0.000000164. The molecule has 3 aliphatic heterocycles. The zero-order valence-electron chi connectivity index (χ0n) is 34.4. The molecule has 0 spiro atoms. The molecule has 322 valence electrons. The van der Waals surface area contributed by atoms with Crippen molar-refractivity contribution in [1.82, 2.24) is 39.0 Å². The molecule has 0 bridgehead atoms. The molecule has 62 heavy (non-hydrogen) atoms. The molecule has 4 aromatic heterocycles. The molecule has 16 heteroatoms. The van der Waals surface area contributed by atoms with E-state index in [4.69, 9.17) is 42.6 Å². The van der Waals surface area contributed by atoms with Gasteiger partial charge in [-0.25, -0.2) is 9.97 Å². The minimum atomic E-state index is 0.313. The van der Waals surface area contributed by atoms with Crippen LogP contribution in [0.4, 0.5) is 11.6 Å². The molecule has 0 radical (unpaired) electrons. The quantitative estimate of drug-likeness (QED) is 0.130. The highest BCUT2D eigenvalue weighted by Gasteiger charge is 2.24. The topological polar surface area (TPSA) is 109 Å². The molecule has 0 atom stereocenters. The van der Waals surface area contributed by atoms with Gasteiger partial charge in [-0.3, -0.25) is 4.90 Å². The Kier molecular flexibility index (Phi) is 13.5. The van der Waals surface area contributed by atoms with Gasteiger partial charge < -0.3 is 25.0 Å². The molecule has 2 fully saturated rings. The number of aromatic nitrogens is 6. The maximum absolute atomic E-state index is 6.46. The van der Waals surface area contributed by atoms with Gasteiger partial charge in [0.1, 0.15) is 11.6 Å². The van der Waals surface area contributed by atoms with Crippen LogP contribution in [0, 0.1) is 11.8 Å². The van der Waals surface area contributed by atoms with E-state index in [1.54, 1.807) is 12.4 Å². The third-order valence-corrected chi connectivity index (χ3v) is 13.8. The molecule has 7 heterocycles. The van der Waals surface area contributed by atoms with Gasteiger partial charge in [0.2, 0.25) is 6.79 Å². The number of nitrogens with zero attached hydrogens (tertiary/aromatic N) is 8. The number of fused-ring (bicyclic) bond motifs is 3. The van der Waals surface area contributed by atoms with Crippen LogP contribution in [-0.2, 0) is 6.54 Å². The van der Waals surface area contributed by atoms with Crippen molar-refractivity contribution in [2.75, 3.05) is 63.2 Å². The molecule has 3 aliphatic rings. The van der Waals surface area contributed by atoms with E-state index in [-0.39, 0.29) is 0 Å². The summed E-state index contributed by atoms with van der Waals surface area (Å²) in [7, 11) is 0. The molecule has 10 rings (SSSR count). The Bertz CT molecular complexity index is 2660. The van der Waals surface area contributed by atoms with Crippen LogP contribution in [0.5, 0.6) is 11.5 Å². The third-order valence-electron chi connectivity index (χ3n) is 12.0. The van der Waals surface area contributed by atoms with Gasteiger partial charge >= 0.3 is 0 Å². The van der Waals surface area contributed by atoms with Gasteiger partial charge in [0, 0.05) is 58.5 Å². The first kappa shape index (κ1) is 42.8. The van der Waals surface area contributed by atoms with Crippen LogP contribution in [0.1, 0.15) is 38.2 Å². The van der Waals surface area contributed by atoms with Gasteiger partial charge in [-0.15, -0.1) is 0 Å². The summed E-state index contributed by atoms with van der Waals surface area (Å²) < 4.78 is 16.6. The second-order valence-corrected chi connectivity index (χ2v) is 18.5. The Morgan fingerprint density at radius 3 is 1.69 bits per heavy atom. The number of rotatable bonds is 11. The molecule has 12 nitrogen and oxygen atoms in total. The van der Waals surface area contributed by atoms with E-state index in [9.17, 15) is 0 Å². The van der Waals surface area contributed by atoms with Crippen molar-refractivity contribution in [1.29, 1.82) is 0 Å². The van der Waals surface area contributed by atoms with Crippen LogP contribution in [0.3, 0.4) is 0 Å². The van der Waals surface area contributed by atoms with Crippen LogP contribution in [-0.4, -0.2) is 91.6 Å². The third kappa shape index (κ3) is 9.56. The fourth-order valence-corrected chi connectivity index (χ4v) is 9.61. The molecule has 7 aromatic rings. The summed E-state index contributed by atoms with van der Waals surface area (Å²) in [5.41, 5.74) is 6.25. The van der Waals surface area contributed by atoms with Crippen molar-refractivity contribution < 1.29 is 9.47 Å². The van der Waals surface area contributed by atoms with Crippen LogP contribution < -0.4 is 20.1 Å². The lowest BCUT2D eigenvalue weighted by Gasteiger charge is -2.32. The summed E-state index contributed by atoms with van der Waals surface area (Å²) in [5.74, 6) is 4.87. The fourth-order valence-electron chi connectivity index (χ4n) is 8.45. The largest absolute Gasteiger partial charge is 0.454 e. The van der Waals surface area contributed by atoms with Gasteiger partial charge in [-0.1, -0.05) is 78.7 Å². The Labute approximate surface area is 388 Å². The second-order valence-electron chi connectivity index (χ2n) is 16.0. The first-order valence-electron chi connectivity index (χ1n) is 21.2. The maximum atomic E-state index is 6.46. The Morgan fingerprint density at radius 1 is 0.661 bits per heavy atom. The molecular weight excluding hydrogens is 955 g/mol. The van der Waals surface area contributed by atoms with Crippen molar-refractivity contribution >= 4 is 78.0 Å². The van der Waals surface area contributed by atoms with E-state index < -0.39 is 0 Å². The average Bonchev–Trinajstić information content (AvgIpc) is 4.05. The highest BCUT2D eigenvalue weighted by molar-refractivity contribution is 9.11. The molecular formula is C46H48Br2Cl2N10O2. The zero-order chi connectivity index (χ0) is 42.6. The van der Waals surface area contributed by atoms with E-state index in [2.05, 4.69) is 75.5 Å². The molecule has 0 saturated carbocycles. The number of halogens is 4. The lowest BCUT2D eigenvalue weighted by molar-refractivity contribution is 0.166. The van der Waals surface area contributed by atoms with Gasteiger partial charge in [0.15, 0.2) is 22.8 Å². The molecule has 0 amide bonds. The number of hydrogen-bond donors (Lipinski definition) is 2. The second kappa shape index (κ2) is 19.5. The number of hydrogen-bond acceptors (Lipinski definition) is 10. The number of nitrogens with one attached hydrogen (secondary N) is 2. The van der Waals surface area contributed by atoms with Gasteiger partial charge in [-0.05, 0) is 120 Å². The first-order valence-corrected chi connectivity index (χ1v) is 23.5. The summed E-state index contributed by atoms with van der Waals surface area (Å²) in [6, 6.07) is 25.8. The first-order chi connectivity index (χ1) is 30.3. The summed E-state index contributed by atoms with van der Waals surface area (Å²) in [6.07, 6.45) is 8.28. The molecule has 2 N–H and O–H groups in total. The monoisotopic (exact) mass is 1000 g/mol. The zero-order valence-corrected chi connectivity index (χ0v) is 39.1. The van der Waals surface area contributed by atoms with E-state index >= 15 is 0 Å². The summed E-state index contributed by atoms with van der Waals surface area (Å²) in [5, 5.41) is 17.6. The van der Waals surface area contributed by atoms with Gasteiger partial charge in [0.25, 0.3) is 0 Å². The minimum absolute atomic E-state index is 0.313. The highest BCUT2D eigenvalue weighted by atomic mass is 79.9. The predicted molar refractivity (Wildman–Crippen MR) is 255 cm³/mol. The van der Waals surface area contributed by atoms with Crippen LogP contribution in [0.2, 0.25) is 10.0 Å². The molecule has 0 unspecified atom stereocenters. The van der Waals surface area contributed by atoms with E-state index in [1.807, 2.05) is 81.8 Å². The summed E-state index contributed by atoms with van der Waals surface area (Å²) in [4.78, 5) is 14.6. The number of ether oxygens (including phenoxy) is 2. The number of para-hydroxylation sites is 1. The van der Waals surface area contributed by atoms with Crippen LogP contribution in [0.15, 0.2) is 100 Å². The highest BCUT2D eigenvalue weighted by Crippen LogP contribution is 2.37. The average molecular weight is 1000 g/mol. The SMILES string of the molecule is CCN1CCC(CNc2cc(-c3ccccc3Cl)nc3c(Br)cnn23)CC1.Clc1ccccc1-c1cc(NCC2CCN(Cc3cccc4c3OCO4)CC2)n2ncc(Br)c2n1. The van der Waals surface area contributed by atoms with Crippen LogP contribution in [0.25, 0.3) is 33.8 Å².